The topological polar surface area (TPSA) is 37.3 Å². The lowest BCUT2D eigenvalue weighted by atomic mass is 9.99. The fraction of sp³-hybridized carbons (Fsp3) is 0.381. The molecule has 0 aliphatic carbocycles. The number of carbonyl (C=O) groups is 1. The Labute approximate surface area is 139 Å². The Morgan fingerprint density at radius 2 is 1.30 bits per heavy atom. The van der Waals surface area contributed by atoms with Crippen molar-refractivity contribution in [1.29, 1.82) is 0 Å². The third kappa shape index (κ3) is 5.90. The highest BCUT2D eigenvalue weighted by Crippen LogP contribution is 2.21. The maximum absolute atomic E-state index is 10.7. The highest BCUT2D eigenvalue weighted by Gasteiger charge is 2.02. The van der Waals surface area contributed by atoms with E-state index in [1.807, 2.05) is 24.3 Å². The molecular weight excluding hydrogens is 284 g/mol. The number of unbranched alkanes of at least 4 members (excludes halogenated alkanes) is 4. The summed E-state index contributed by atoms with van der Waals surface area (Å²) in [6, 6.07) is 16.5. The smallest absolute Gasteiger partial charge is 0.307 e. The minimum atomic E-state index is -0.791. The molecule has 2 aromatic rings. The van der Waals surface area contributed by atoms with E-state index in [0.29, 0.717) is 0 Å². The summed E-state index contributed by atoms with van der Waals surface area (Å²) in [4.78, 5) is 10.7. The zero-order chi connectivity index (χ0) is 16.5. The Morgan fingerprint density at radius 1 is 0.783 bits per heavy atom. The molecule has 0 saturated carbocycles. The third-order valence-electron chi connectivity index (χ3n) is 4.17. The number of rotatable bonds is 9. The van der Waals surface area contributed by atoms with Crippen molar-refractivity contribution in [1.82, 2.24) is 0 Å². The zero-order valence-corrected chi connectivity index (χ0v) is 13.9. The number of carboxylic acid groups (broad SMARTS) is 1. The second-order valence-corrected chi connectivity index (χ2v) is 6.13. The maximum atomic E-state index is 10.7. The summed E-state index contributed by atoms with van der Waals surface area (Å²) < 4.78 is 0. The lowest BCUT2D eigenvalue weighted by Gasteiger charge is -2.06. The largest absolute Gasteiger partial charge is 0.481 e. The summed E-state index contributed by atoms with van der Waals surface area (Å²) in [5.41, 5.74) is 4.55. The van der Waals surface area contributed by atoms with Crippen molar-refractivity contribution in [2.75, 3.05) is 0 Å². The summed E-state index contributed by atoms with van der Waals surface area (Å²) >= 11 is 0. The van der Waals surface area contributed by atoms with Gasteiger partial charge in [-0.2, -0.15) is 0 Å². The van der Waals surface area contributed by atoms with E-state index in [4.69, 9.17) is 5.11 Å². The third-order valence-corrected chi connectivity index (χ3v) is 4.17. The molecule has 0 heterocycles. The van der Waals surface area contributed by atoms with Crippen molar-refractivity contribution in [3.63, 3.8) is 0 Å². The molecule has 0 bridgehead atoms. The second-order valence-electron chi connectivity index (χ2n) is 6.13. The molecule has 0 aliphatic rings. The van der Waals surface area contributed by atoms with Crippen LogP contribution < -0.4 is 0 Å². The van der Waals surface area contributed by atoms with E-state index in [0.717, 1.165) is 17.5 Å². The van der Waals surface area contributed by atoms with Crippen molar-refractivity contribution >= 4 is 5.97 Å². The van der Waals surface area contributed by atoms with Gasteiger partial charge in [0.2, 0.25) is 0 Å². The summed E-state index contributed by atoms with van der Waals surface area (Å²) in [5.74, 6) is -0.791. The minimum Gasteiger partial charge on any atom is -0.481 e. The van der Waals surface area contributed by atoms with Gasteiger partial charge in [0, 0.05) is 0 Å². The molecule has 0 aliphatic heterocycles. The average Bonchev–Trinajstić information content (AvgIpc) is 2.55. The first kappa shape index (κ1) is 17.3. The number of aryl methyl sites for hydroxylation is 1. The van der Waals surface area contributed by atoms with Crippen LogP contribution in [0.25, 0.3) is 11.1 Å². The van der Waals surface area contributed by atoms with E-state index >= 15 is 0 Å². The summed E-state index contributed by atoms with van der Waals surface area (Å²) in [5, 5.41) is 8.80. The first-order chi connectivity index (χ1) is 11.2. The quantitative estimate of drug-likeness (QED) is 0.621. The van der Waals surface area contributed by atoms with Crippen LogP contribution in [0.15, 0.2) is 48.5 Å². The monoisotopic (exact) mass is 310 g/mol. The molecule has 0 fully saturated rings. The van der Waals surface area contributed by atoms with Gasteiger partial charge in [-0.15, -0.1) is 0 Å². The Hall–Kier alpha value is -2.09. The van der Waals surface area contributed by atoms with Crippen molar-refractivity contribution in [2.45, 2.75) is 51.9 Å². The molecular formula is C21H26O2. The first-order valence-corrected chi connectivity index (χ1v) is 8.59. The van der Waals surface area contributed by atoms with Crippen LogP contribution in [-0.2, 0) is 17.6 Å². The molecule has 0 saturated heterocycles. The van der Waals surface area contributed by atoms with E-state index in [9.17, 15) is 4.79 Å². The molecule has 0 aromatic heterocycles. The minimum absolute atomic E-state index is 0.0806. The van der Waals surface area contributed by atoms with Crippen LogP contribution in [0.4, 0.5) is 0 Å². The van der Waals surface area contributed by atoms with E-state index in [-0.39, 0.29) is 6.42 Å². The van der Waals surface area contributed by atoms with Crippen molar-refractivity contribution in [3.8, 4) is 11.1 Å². The SMILES string of the molecule is CCCCCCCc1ccc(-c2ccc(CC(=O)O)cc2)cc1. The molecule has 0 amide bonds. The predicted molar refractivity (Wildman–Crippen MR) is 95.7 cm³/mol. The molecule has 0 atom stereocenters. The van der Waals surface area contributed by atoms with Crippen LogP contribution in [-0.4, -0.2) is 11.1 Å². The molecule has 0 spiro atoms. The molecule has 2 heteroatoms. The highest BCUT2D eigenvalue weighted by atomic mass is 16.4. The van der Waals surface area contributed by atoms with Gasteiger partial charge in [-0.25, -0.2) is 0 Å². The average molecular weight is 310 g/mol. The van der Waals surface area contributed by atoms with Crippen LogP contribution in [0.5, 0.6) is 0 Å². The molecule has 2 rings (SSSR count). The molecule has 2 nitrogen and oxygen atoms in total. The second kappa shape index (κ2) is 9.14. The lowest BCUT2D eigenvalue weighted by molar-refractivity contribution is -0.136. The highest BCUT2D eigenvalue weighted by molar-refractivity contribution is 5.71. The van der Waals surface area contributed by atoms with Gasteiger partial charge in [-0.05, 0) is 35.1 Å². The van der Waals surface area contributed by atoms with Crippen LogP contribution in [0, 0.1) is 0 Å². The van der Waals surface area contributed by atoms with Gasteiger partial charge in [0.1, 0.15) is 0 Å². The molecule has 122 valence electrons. The molecule has 2 aromatic carbocycles. The summed E-state index contributed by atoms with van der Waals surface area (Å²) in [6.45, 7) is 2.24. The number of hydrogen-bond acceptors (Lipinski definition) is 1. The van der Waals surface area contributed by atoms with Crippen LogP contribution in [0.3, 0.4) is 0 Å². The number of aliphatic carboxylic acids is 1. The van der Waals surface area contributed by atoms with Gasteiger partial charge in [0.25, 0.3) is 0 Å². The van der Waals surface area contributed by atoms with E-state index in [1.165, 1.54) is 43.2 Å². The lowest BCUT2D eigenvalue weighted by Crippen LogP contribution is -1.99. The summed E-state index contributed by atoms with van der Waals surface area (Å²) in [6.07, 6.45) is 7.80. The molecule has 1 N–H and O–H groups in total. The van der Waals surface area contributed by atoms with Gasteiger partial charge < -0.3 is 5.11 Å². The normalized spacial score (nSPS) is 10.7. The zero-order valence-electron chi connectivity index (χ0n) is 13.9. The van der Waals surface area contributed by atoms with Gasteiger partial charge >= 0.3 is 5.97 Å². The first-order valence-electron chi connectivity index (χ1n) is 8.59. The van der Waals surface area contributed by atoms with Crippen molar-refractivity contribution in [2.24, 2.45) is 0 Å². The van der Waals surface area contributed by atoms with Gasteiger partial charge in [-0.1, -0.05) is 81.1 Å². The molecule has 23 heavy (non-hydrogen) atoms. The Morgan fingerprint density at radius 3 is 1.83 bits per heavy atom. The van der Waals surface area contributed by atoms with Gasteiger partial charge in [0.15, 0.2) is 0 Å². The van der Waals surface area contributed by atoms with E-state index in [1.54, 1.807) is 0 Å². The fourth-order valence-electron chi connectivity index (χ4n) is 2.79. The molecule has 0 radical (unpaired) electrons. The molecule has 0 unspecified atom stereocenters. The van der Waals surface area contributed by atoms with E-state index < -0.39 is 5.97 Å². The Kier molecular flexibility index (Phi) is 6.86. The number of benzene rings is 2. The summed E-state index contributed by atoms with van der Waals surface area (Å²) in [7, 11) is 0. The Bertz CT molecular complexity index is 597. The van der Waals surface area contributed by atoms with Crippen LogP contribution in [0.1, 0.15) is 50.2 Å². The Balaban J connectivity index is 1.90. The van der Waals surface area contributed by atoms with Crippen molar-refractivity contribution in [3.05, 3.63) is 59.7 Å². The standard InChI is InChI=1S/C21H26O2/c1-2-3-4-5-6-7-17-8-12-19(13-9-17)20-14-10-18(11-15-20)16-21(22)23/h8-15H,2-7,16H2,1H3,(H,22,23). The van der Waals surface area contributed by atoms with Crippen LogP contribution in [0.2, 0.25) is 0 Å². The van der Waals surface area contributed by atoms with Gasteiger partial charge in [-0.3, -0.25) is 4.79 Å². The number of carboxylic acids is 1. The maximum Gasteiger partial charge on any atom is 0.307 e. The van der Waals surface area contributed by atoms with Crippen molar-refractivity contribution < 1.29 is 9.90 Å². The predicted octanol–water partition coefficient (Wildman–Crippen LogP) is 5.49. The van der Waals surface area contributed by atoms with Gasteiger partial charge in [0.05, 0.1) is 6.42 Å². The fourth-order valence-corrected chi connectivity index (χ4v) is 2.79. The van der Waals surface area contributed by atoms with E-state index in [2.05, 4.69) is 31.2 Å². The number of hydrogen-bond donors (Lipinski definition) is 1. The van der Waals surface area contributed by atoms with Crippen LogP contribution >= 0.6 is 0 Å².